The number of primary amides is 1. The van der Waals surface area contributed by atoms with E-state index in [-0.39, 0.29) is 5.69 Å². The van der Waals surface area contributed by atoms with Crippen LogP contribution >= 0.6 is 11.3 Å². The quantitative estimate of drug-likeness (QED) is 0.760. The number of nitrogens with two attached hydrogens (primary N) is 1. The van der Waals surface area contributed by atoms with Crippen molar-refractivity contribution in [3.63, 3.8) is 0 Å². The van der Waals surface area contributed by atoms with Gasteiger partial charge in [-0.05, 0) is 34.5 Å². The highest BCUT2D eigenvalue weighted by Gasteiger charge is 2.08. The number of thiophene rings is 1. The normalized spacial score (nSPS) is 12.1. The largest absolute Gasteiger partial charge is 0.387 e. The van der Waals surface area contributed by atoms with Gasteiger partial charge in [0.25, 0.3) is 5.91 Å². The van der Waals surface area contributed by atoms with Gasteiger partial charge in [-0.1, -0.05) is 0 Å². The number of aliphatic hydroxyl groups is 1. The van der Waals surface area contributed by atoms with Crippen molar-refractivity contribution < 1.29 is 9.90 Å². The van der Waals surface area contributed by atoms with Crippen LogP contribution in [-0.2, 0) is 0 Å². The fraction of sp³-hybridized carbons (Fsp3) is 0.167. The number of aromatic nitrogens is 1. The van der Waals surface area contributed by atoms with Gasteiger partial charge in [-0.2, -0.15) is 11.3 Å². The average Bonchev–Trinajstić information content (AvgIpc) is 2.90. The number of hydrogen-bond donors (Lipinski definition) is 3. The predicted molar refractivity (Wildman–Crippen MR) is 70.5 cm³/mol. The highest BCUT2D eigenvalue weighted by molar-refractivity contribution is 7.07. The molecule has 0 radical (unpaired) electrons. The molecule has 2 rings (SSSR count). The first-order chi connectivity index (χ1) is 8.66. The van der Waals surface area contributed by atoms with Crippen molar-refractivity contribution in [3.8, 4) is 0 Å². The molecular formula is C12H13N3O2S. The molecule has 0 aliphatic carbocycles. The van der Waals surface area contributed by atoms with Crippen LogP contribution in [0.5, 0.6) is 0 Å². The summed E-state index contributed by atoms with van der Waals surface area (Å²) in [5, 5.41) is 16.7. The third-order valence-electron chi connectivity index (χ3n) is 2.44. The van der Waals surface area contributed by atoms with Crippen LogP contribution in [0.25, 0.3) is 0 Å². The summed E-state index contributed by atoms with van der Waals surface area (Å²) in [6, 6.07) is 5.15. The molecule has 6 heteroatoms. The van der Waals surface area contributed by atoms with Crippen LogP contribution in [0.15, 0.2) is 35.2 Å². The first-order valence-electron chi connectivity index (χ1n) is 5.36. The van der Waals surface area contributed by atoms with Gasteiger partial charge in [0.2, 0.25) is 0 Å². The second kappa shape index (κ2) is 5.61. The predicted octanol–water partition coefficient (Wildman–Crippen LogP) is 1.39. The first-order valence-corrected chi connectivity index (χ1v) is 6.31. The Hall–Kier alpha value is -1.92. The maximum absolute atomic E-state index is 11.0. The monoisotopic (exact) mass is 263 g/mol. The van der Waals surface area contributed by atoms with Crippen molar-refractivity contribution in [1.82, 2.24) is 4.98 Å². The van der Waals surface area contributed by atoms with Crippen LogP contribution < -0.4 is 11.1 Å². The number of anilines is 1. The van der Waals surface area contributed by atoms with Crippen LogP contribution in [0.1, 0.15) is 22.2 Å². The molecule has 2 aromatic rings. The Balaban J connectivity index is 1.98. The van der Waals surface area contributed by atoms with E-state index in [4.69, 9.17) is 5.73 Å². The van der Waals surface area contributed by atoms with Crippen LogP contribution in [-0.4, -0.2) is 22.5 Å². The number of hydrogen-bond acceptors (Lipinski definition) is 5. The molecule has 1 unspecified atom stereocenters. The van der Waals surface area contributed by atoms with E-state index in [1.54, 1.807) is 12.1 Å². The molecule has 0 aliphatic rings. The standard InChI is InChI=1S/C12H13N3O2S/c13-12(17)10-5-9(1-3-14-10)15-6-11(16)8-2-4-18-7-8/h1-5,7,11,16H,6H2,(H2,13,17)(H,14,15). The van der Waals surface area contributed by atoms with Crippen LogP contribution in [0.3, 0.4) is 0 Å². The zero-order valence-electron chi connectivity index (χ0n) is 9.54. The second-order valence-corrected chi connectivity index (χ2v) is 4.53. The van der Waals surface area contributed by atoms with E-state index in [0.717, 1.165) is 5.56 Å². The van der Waals surface area contributed by atoms with E-state index < -0.39 is 12.0 Å². The van der Waals surface area contributed by atoms with Crippen LogP contribution in [0.2, 0.25) is 0 Å². The molecule has 2 heterocycles. The molecular weight excluding hydrogens is 250 g/mol. The Morgan fingerprint density at radius 2 is 2.39 bits per heavy atom. The van der Waals surface area contributed by atoms with Crippen molar-refractivity contribution in [2.75, 3.05) is 11.9 Å². The van der Waals surface area contributed by atoms with Gasteiger partial charge in [0.05, 0.1) is 6.10 Å². The van der Waals surface area contributed by atoms with Gasteiger partial charge in [0.15, 0.2) is 0 Å². The number of nitrogens with zero attached hydrogens (tertiary/aromatic N) is 1. The third kappa shape index (κ3) is 3.06. The Morgan fingerprint density at radius 3 is 3.06 bits per heavy atom. The van der Waals surface area contributed by atoms with Crippen LogP contribution in [0.4, 0.5) is 5.69 Å². The number of amides is 1. The Labute approximate surface area is 108 Å². The summed E-state index contributed by atoms with van der Waals surface area (Å²) in [4.78, 5) is 14.8. The molecule has 0 fully saturated rings. The minimum atomic E-state index is -0.582. The van der Waals surface area contributed by atoms with Gasteiger partial charge < -0.3 is 16.2 Å². The highest BCUT2D eigenvalue weighted by Crippen LogP contribution is 2.17. The van der Waals surface area contributed by atoms with Crippen molar-refractivity contribution >= 4 is 22.9 Å². The van der Waals surface area contributed by atoms with Gasteiger partial charge in [0.1, 0.15) is 5.69 Å². The zero-order chi connectivity index (χ0) is 13.0. The number of aliphatic hydroxyl groups excluding tert-OH is 1. The van der Waals surface area contributed by atoms with Crippen molar-refractivity contribution in [2.45, 2.75) is 6.10 Å². The number of carbonyl (C=O) groups excluding carboxylic acids is 1. The van der Waals surface area contributed by atoms with Gasteiger partial charge in [-0.15, -0.1) is 0 Å². The molecule has 4 N–H and O–H groups in total. The summed E-state index contributed by atoms with van der Waals surface area (Å²) in [5.74, 6) is -0.572. The van der Waals surface area contributed by atoms with Crippen molar-refractivity contribution in [3.05, 3.63) is 46.4 Å². The summed E-state index contributed by atoms with van der Waals surface area (Å²) in [5.41, 5.74) is 6.91. The van der Waals surface area contributed by atoms with E-state index in [1.165, 1.54) is 17.5 Å². The molecule has 18 heavy (non-hydrogen) atoms. The number of pyridine rings is 1. The minimum absolute atomic E-state index is 0.199. The van der Waals surface area contributed by atoms with Crippen molar-refractivity contribution in [1.29, 1.82) is 0 Å². The van der Waals surface area contributed by atoms with Gasteiger partial charge >= 0.3 is 0 Å². The minimum Gasteiger partial charge on any atom is -0.387 e. The lowest BCUT2D eigenvalue weighted by Gasteiger charge is -2.11. The molecule has 0 saturated carbocycles. The van der Waals surface area contributed by atoms with Gasteiger partial charge in [0, 0.05) is 18.4 Å². The molecule has 1 atom stereocenters. The summed E-state index contributed by atoms with van der Waals surface area (Å²) in [7, 11) is 0. The van der Waals surface area contributed by atoms with Crippen molar-refractivity contribution in [2.24, 2.45) is 5.73 Å². The van der Waals surface area contributed by atoms with E-state index in [2.05, 4.69) is 10.3 Å². The lowest BCUT2D eigenvalue weighted by Crippen LogP contribution is -2.15. The Bertz CT molecular complexity index is 528. The molecule has 94 valence electrons. The van der Waals surface area contributed by atoms with Gasteiger partial charge in [-0.25, -0.2) is 0 Å². The molecule has 5 nitrogen and oxygen atoms in total. The lowest BCUT2D eigenvalue weighted by molar-refractivity contribution is 0.0995. The first kappa shape index (κ1) is 12.5. The summed E-state index contributed by atoms with van der Waals surface area (Å²) < 4.78 is 0. The lowest BCUT2D eigenvalue weighted by atomic mass is 10.2. The maximum atomic E-state index is 11.0. The Morgan fingerprint density at radius 1 is 1.56 bits per heavy atom. The zero-order valence-corrected chi connectivity index (χ0v) is 10.4. The van der Waals surface area contributed by atoms with E-state index in [9.17, 15) is 9.90 Å². The molecule has 0 saturated heterocycles. The third-order valence-corrected chi connectivity index (χ3v) is 3.14. The van der Waals surface area contributed by atoms with Crippen LogP contribution in [0, 0.1) is 0 Å². The smallest absolute Gasteiger partial charge is 0.267 e. The summed E-state index contributed by atoms with van der Waals surface area (Å²) in [6.07, 6.45) is 0.917. The topological polar surface area (TPSA) is 88.2 Å². The average molecular weight is 263 g/mol. The van der Waals surface area contributed by atoms with E-state index in [1.807, 2.05) is 16.8 Å². The summed E-state index contributed by atoms with van der Waals surface area (Å²) >= 11 is 1.54. The fourth-order valence-electron chi connectivity index (χ4n) is 1.47. The maximum Gasteiger partial charge on any atom is 0.267 e. The highest BCUT2D eigenvalue weighted by atomic mass is 32.1. The van der Waals surface area contributed by atoms with Gasteiger partial charge in [-0.3, -0.25) is 9.78 Å². The number of rotatable bonds is 5. The fourth-order valence-corrected chi connectivity index (χ4v) is 2.18. The summed E-state index contributed by atoms with van der Waals surface area (Å²) in [6.45, 7) is 0.360. The molecule has 0 aliphatic heterocycles. The molecule has 2 aromatic heterocycles. The molecule has 1 amide bonds. The molecule has 0 spiro atoms. The van der Waals surface area contributed by atoms with E-state index in [0.29, 0.717) is 12.2 Å². The molecule has 0 aromatic carbocycles. The number of carbonyl (C=O) groups is 1. The second-order valence-electron chi connectivity index (χ2n) is 3.75. The van der Waals surface area contributed by atoms with E-state index >= 15 is 0 Å². The molecule has 0 bridgehead atoms. The Kier molecular flexibility index (Phi) is 3.91. The SMILES string of the molecule is NC(=O)c1cc(NCC(O)c2ccsc2)ccn1. The number of nitrogens with one attached hydrogen (secondary N) is 1.